The molecule has 0 aliphatic heterocycles. The van der Waals surface area contributed by atoms with Crippen molar-refractivity contribution < 1.29 is 9.90 Å². The van der Waals surface area contributed by atoms with Crippen LogP contribution in [0.15, 0.2) is 24.3 Å². The van der Waals surface area contributed by atoms with Gasteiger partial charge in [-0.15, -0.1) is 0 Å². The number of rotatable bonds is 5. The molecule has 0 heterocycles. The normalized spacial score (nSPS) is 27.3. The van der Waals surface area contributed by atoms with Gasteiger partial charge >= 0.3 is 5.97 Å². The zero-order valence-electron chi connectivity index (χ0n) is 12.1. The smallest absolute Gasteiger partial charge is 0.306 e. The molecular formula is C17H22ClNO2. The van der Waals surface area contributed by atoms with Crippen molar-refractivity contribution in [1.29, 1.82) is 0 Å². The van der Waals surface area contributed by atoms with Crippen molar-refractivity contribution in [1.82, 2.24) is 5.32 Å². The number of benzene rings is 1. The molecule has 0 spiro atoms. The summed E-state index contributed by atoms with van der Waals surface area (Å²) in [6.07, 6.45) is 6.03. The molecule has 0 amide bonds. The molecule has 2 aliphatic carbocycles. The van der Waals surface area contributed by atoms with E-state index < -0.39 is 5.97 Å². The van der Waals surface area contributed by atoms with Crippen molar-refractivity contribution in [3.05, 3.63) is 34.9 Å². The van der Waals surface area contributed by atoms with E-state index in [-0.39, 0.29) is 11.3 Å². The molecule has 0 saturated heterocycles. The lowest BCUT2D eigenvalue weighted by Gasteiger charge is -2.29. The maximum atomic E-state index is 11.0. The summed E-state index contributed by atoms with van der Waals surface area (Å²) in [4.78, 5) is 11.0. The van der Waals surface area contributed by atoms with Crippen molar-refractivity contribution in [2.24, 2.45) is 5.92 Å². The van der Waals surface area contributed by atoms with Gasteiger partial charge in [-0.1, -0.05) is 23.7 Å². The first-order valence-electron chi connectivity index (χ1n) is 7.81. The highest BCUT2D eigenvalue weighted by molar-refractivity contribution is 6.30. The average Bonchev–Trinajstić information content (AvgIpc) is 3.27. The Bertz CT molecular complexity index is 502. The minimum absolute atomic E-state index is 0.130. The molecule has 2 saturated carbocycles. The Kier molecular flexibility index (Phi) is 4.23. The van der Waals surface area contributed by atoms with Crippen molar-refractivity contribution in [3.63, 3.8) is 0 Å². The van der Waals surface area contributed by atoms with E-state index in [4.69, 9.17) is 16.7 Å². The molecule has 3 rings (SSSR count). The lowest BCUT2D eigenvalue weighted by Crippen LogP contribution is -2.39. The molecular weight excluding hydrogens is 286 g/mol. The summed E-state index contributed by atoms with van der Waals surface area (Å²) < 4.78 is 0. The predicted molar refractivity (Wildman–Crippen MR) is 83.7 cm³/mol. The van der Waals surface area contributed by atoms with Crippen LogP contribution in [-0.2, 0) is 10.2 Å². The molecule has 0 aromatic heterocycles. The Hall–Kier alpha value is -1.06. The van der Waals surface area contributed by atoms with Gasteiger partial charge in [-0.25, -0.2) is 0 Å². The topological polar surface area (TPSA) is 49.3 Å². The molecule has 3 nitrogen and oxygen atoms in total. The fourth-order valence-corrected chi connectivity index (χ4v) is 3.53. The SMILES string of the molecule is O=C(O)C1CCC(NCC2(c3ccc(Cl)cc3)CC2)CC1. The van der Waals surface area contributed by atoms with E-state index in [1.54, 1.807) is 0 Å². The van der Waals surface area contributed by atoms with Crippen LogP contribution in [-0.4, -0.2) is 23.7 Å². The summed E-state index contributed by atoms with van der Waals surface area (Å²) in [5.41, 5.74) is 1.66. The van der Waals surface area contributed by atoms with Crippen LogP contribution in [0.25, 0.3) is 0 Å². The van der Waals surface area contributed by atoms with Crippen LogP contribution in [0.4, 0.5) is 0 Å². The van der Waals surface area contributed by atoms with E-state index in [2.05, 4.69) is 17.4 Å². The van der Waals surface area contributed by atoms with Gasteiger partial charge < -0.3 is 10.4 Å². The average molecular weight is 308 g/mol. The first-order valence-corrected chi connectivity index (χ1v) is 8.19. The van der Waals surface area contributed by atoms with E-state index >= 15 is 0 Å². The fraction of sp³-hybridized carbons (Fsp3) is 0.588. The van der Waals surface area contributed by atoms with Crippen molar-refractivity contribution in [2.75, 3.05) is 6.54 Å². The second-order valence-electron chi connectivity index (χ2n) is 6.55. The summed E-state index contributed by atoms with van der Waals surface area (Å²) in [5, 5.41) is 13.5. The van der Waals surface area contributed by atoms with Gasteiger partial charge in [0.25, 0.3) is 0 Å². The number of carboxylic acid groups (broad SMARTS) is 1. The van der Waals surface area contributed by atoms with Crippen molar-refractivity contribution in [3.8, 4) is 0 Å². The minimum Gasteiger partial charge on any atom is -0.481 e. The zero-order valence-corrected chi connectivity index (χ0v) is 12.9. The fourth-order valence-electron chi connectivity index (χ4n) is 3.41. The van der Waals surface area contributed by atoms with Crippen LogP contribution in [0.2, 0.25) is 5.02 Å². The number of hydrogen-bond acceptors (Lipinski definition) is 2. The summed E-state index contributed by atoms with van der Waals surface area (Å²) in [6, 6.07) is 8.69. The monoisotopic (exact) mass is 307 g/mol. The molecule has 21 heavy (non-hydrogen) atoms. The third-order valence-corrected chi connectivity index (χ3v) is 5.37. The first-order chi connectivity index (χ1) is 10.1. The molecule has 0 radical (unpaired) electrons. The largest absolute Gasteiger partial charge is 0.481 e. The van der Waals surface area contributed by atoms with Gasteiger partial charge in [-0.3, -0.25) is 4.79 Å². The maximum Gasteiger partial charge on any atom is 0.306 e. The number of carboxylic acids is 1. The standard InChI is InChI=1S/C17H22ClNO2/c18-14-5-3-13(4-6-14)17(9-10-17)11-19-15-7-1-12(2-8-15)16(20)21/h3-6,12,15,19H,1-2,7-11H2,(H,20,21). The number of nitrogens with one attached hydrogen (secondary N) is 1. The number of halogens is 1. The van der Waals surface area contributed by atoms with Gasteiger partial charge in [0, 0.05) is 23.0 Å². The highest BCUT2D eigenvalue weighted by Crippen LogP contribution is 2.48. The molecule has 0 atom stereocenters. The van der Waals surface area contributed by atoms with Gasteiger partial charge in [-0.2, -0.15) is 0 Å². The highest BCUT2D eigenvalue weighted by atomic mass is 35.5. The Balaban J connectivity index is 1.51. The third-order valence-electron chi connectivity index (χ3n) is 5.12. The summed E-state index contributed by atoms with van der Waals surface area (Å²) in [7, 11) is 0. The van der Waals surface area contributed by atoms with Crippen LogP contribution >= 0.6 is 11.6 Å². The quantitative estimate of drug-likeness (QED) is 0.874. The molecule has 2 fully saturated rings. The molecule has 0 bridgehead atoms. The summed E-state index contributed by atoms with van der Waals surface area (Å²) in [6.45, 7) is 0.997. The third kappa shape index (κ3) is 3.41. The first kappa shape index (κ1) is 14.9. The molecule has 1 aromatic rings. The van der Waals surface area contributed by atoms with E-state index in [1.807, 2.05) is 12.1 Å². The van der Waals surface area contributed by atoms with Gasteiger partial charge in [0.1, 0.15) is 0 Å². The Morgan fingerprint density at radius 2 is 1.81 bits per heavy atom. The molecule has 2 N–H and O–H groups in total. The Morgan fingerprint density at radius 3 is 2.33 bits per heavy atom. The van der Waals surface area contributed by atoms with Gasteiger partial charge in [0.05, 0.1) is 5.92 Å². The number of hydrogen-bond donors (Lipinski definition) is 2. The van der Waals surface area contributed by atoms with E-state index in [1.165, 1.54) is 18.4 Å². The second kappa shape index (κ2) is 5.98. The number of carbonyl (C=O) groups is 1. The summed E-state index contributed by atoms with van der Waals surface area (Å²) >= 11 is 5.96. The number of aliphatic carboxylic acids is 1. The Labute approximate surface area is 130 Å². The van der Waals surface area contributed by atoms with Crippen LogP contribution in [0, 0.1) is 5.92 Å². The lowest BCUT2D eigenvalue weighted by molar-refractivity contribution is -0.142. The lowest BCUT2D eigenvalue weighted by atomic mass is 9.85. The van der Waals surface area contributed by atoms with Crippen LogP contribution in [0.5, 0.6) is 0 Å². The van der Waals surface area contributed by atoms with E-state index in [0.29, 0.717) is 6.04 Å². The van der Waals surface area contributed by atoms with Crippen molar-refractivity contribution in [2.45, 2.75) is 50.0 Å². The zero-order chi connectivity index (χ0) is 14.9. The molecule has 4 heteroatoms. The molecule has 114 valence electrons. The van der Waals surface area contributed by atoms with Crippen molar-refractivity contribution >= 4 is 17.6 Å². The minimum atomic E-state index is -0.631. The molecule has 2 aliphatic rings. The maximum absolute atomic E-state index is 11.0. The van der Waals surface area contributed by atoms with Crippen LogP contribution in [0.3, 0.4) is 0 Å². The molecule has 0 unspecified atom stereocenters. The van der Waals surface area contributed by atoms with Crippen LogP contribution < -0.4 is 5.32 Å². The summed E-state index contributed by atoms with van der Waals surface area (Å²) in [5.74, 6) is -0.762. The second-order valence-corrected chi connectivity index (χ2v) is 6.99. The van der Waals surface area contributed by atoms with Gasteiger partial charge in [0.2, 0.25) is 0 Å². The Morgan fingerprint density at radius 1 is 1.19 bits per heavy atom. The van der Waals surface area contributed by atoms with Crippen LogP contribution in [0.1, 0.15) is 44.1 Å². The van der Waals surface area contributed by atoms with Gasteiger partial charge in [-0.05, 0) is 56.2 Å². The van der Waals surface area contributed by atoms with E-state index in [9.17, 15) is 4.79 Å². The van der Waals surface area contributed by atoms with E-state index in [0.717, 1.165) is 37.3 Å². The molecule has 1 aromatic carbocycles. The predicted octanol–water partition coefficient (Wildman–Crippen LogP) is 3.60. The van der Waals surface area contributed by atoms with Gasteiger partial charge in [0.15, 0.2) is 0 Å². The highest BCUT2D eigenvalue weighted by Gasteiger charge is 2.44.